The van der Waals surface area contributed by atoms with Crippen molar-refractivity contribution >= 4 is 21.6 Å². The van der Waals surface area contributed by atoms with Crippen LogP contribution in [0.4, 0.5) is 5.69 Å². The number of aromatic nitrogens is 1. The van der Waals surface area contributed by atoms with E-state index in [2.05, 4.69) is 14.8 Å². The first-order valence-electron chi connectivity index (χ1n) is 9.41. The van der Waals surface area contributed by atoms with E-state index >= 15 is 0 Å². The number of nitrogens with one attached hydrogen (secondary N) is 1. The maximum absolute atomic E-state index is 12.5. The van der Waals surface area contributed by atoms with Gasteiger partial charge in [-0.2, -0.15) is 0 Å². The van der Waals surface area contributed by atoms with Crippen molar-refractivity contribution in [2.24, 2.45) is 0 Å². The molecule has 0 spiro atoms. The van der Waals surface area contributed by atoms with Gasteiger partial charge < -0.3 is 19.1 Å². The van der Waals surface area contributed by atoms with Gasteiger partial charge in [-0.1, -0.05) is 11.2 Å². The number of methoxy groups -OCH3 is 1. The highest BCUT2D eigenvalue weighted by atomic mass is 32.2. The van der Waals surface area contributed by atoms with E-state index in [0.29, 0.717) is 31.9 Å². The minimum atomic E-state index is -3.75. The third-order valence-electron chi connectivity index (χ3n) is 4.92. The third-order valence-corrected chi connectivity index (χ3v) is 6.62. The Kier molecular flexibility index (Phi) is 6.43. The van der Waals surface area contributed by atoms with Gasteiger partial charge in [0.1, 0.15) is 16.3 Å². The first-order valence-corrected chi connectivity index (χ1v) is 10.9. The molecule has 1 saturated heterocycles. The van der Waals surface area contributed by atoms with Crippen molar-refractivity contribution in [1.82, 2.24) is 14.8 Å². The molecule has 1 aliphatic rings. The third kappa shape index (κ3) is 4.88. The van der Waals surface area contributed by atoms with Gasteiger partial charge in [-0.05, 0) is 26.0 Å². The Hall–Kier alpha value is -2.59. The van der Waals surface area contributed by atoms with Crippen LogP contribution in [-0.4, -0.2) is 64.2 Å². The van der Waals surface area contributed by atoms with Crippen LogP contribution in [0.15, 0.2) is 33.7 Å². The zero-order valence-corrected chi connectivity index (χ0v) is 17.7. The number of hydrogen-bond acceptors (Lipinski definition) is 7. The molecule has 1 amide bonds. The lowest BCUT2D eigenvalue weighted by Crippen LogP contribution is -2.49. The van der Waals surface area contributed by atoms with Crippen LogP contribution in [0.5, 0.6) is 5.75 Å². The van der Waals surface area contributed by atoms with E-state index in [0.717, 1.165) is 11.4 Å². The van der Waals surface area contributed by atoms with Crippen molar-refractivity contribution in [2.45, 2.75) is 25.2 Å². The largest absolute Gasteiger partial charge is 0.497 e. The lowest BCUT2D eigenvalue weighted by Gasteiger charge is -2.36. The standard InChI is InChI=1S/C19H26N4O5S/c1-14-19(15(2)28-21-14)29(25,26)20-8-7-18(24)23-11-9-22(10-12-23)16-5-4-6-17(13-16)27-3/h4-6,13,20H,7-12H2,1-3H3. The Morgan fingerprint density at radius 1 is 1.24 bits per heavy atom. The molecule has 0 saturated carbocycles. The van der Waals surface area contributed by atoms with Crippen molar-refractivity contribution in [3.05, 3.63) is 35.7 Å². The highest BCUT2D eigenvalue weighted by Gasteiger charge is 2.25. The molecule has 1 aliphatic heterocycles. The van der Waals surface area contributed by atoms with Crippen molar-refractivity contribution in [1.29, 1.82) is 0 Å². The summed E-state index contributed by atoms with van der Waals surface area (Å²) in [4.78, 5) is 16.5. The van der Waals surface area contributed by atoms with Crippen LogP contribution in [-0.2, 0) is 14.8 Å². The summed E-state index contributed by atoms with van der Waals surface area (Å²) in [5, 5.41) is 3.66. The molecule has 0 aliphatic carbocycles. The minimum absolute atomic E-state index is 0.0291. The fraction of sp³-hybridized carbons (Fsp3) is 0.474. The lowest BCUT2D eigenvalue weighted by atomic mass is 10.2. The number of anilines is 1. The molecule has 2 heterocycles. The van der Waals surface area contributed by atoms with E-state index in [-0.39, 0.29) is 29.5 Å². The number of amides is 1. The Morgan fingerprint density at radius 3 is 2.59 bits per heavy atom. The maximum Gasteiger partial charge on any atom is 0.245 e. The second kappa shape index (κ2) is 8.83. The van der Waals surface area contributed by atoms with Gasteiger partial charge in [0.15, 0.2) is 5.76 Å². The van der Waals surface area contributed by atoms with Crippen molar-refractivity contribution < 1.29 is 22.5 Å². The van der Waals surface area contributed by atoms with Gasteiger partial charge in [0.25, 0.3) is 0 Å². The molecule has 0 atom stereocenters. The molecular formula is C19H26N4O5S. The number of hydrogen-bond donors (Lipinski definition) is 1. The van der Waals surface area contributed by atoms with Crippen molar-refractivity contribution in [3.63, 3.8) is 0 Å². The zero-order chi connectivity index (χ0) is 21.0. The second-order valence-corrected chi connectivity index (χ2v) is 8.57. The highest BCUT2D eigenvalue weighted by molar-refractivity contribution is 7.89. The summed E-state index contributed by atoms with van der Waals surface area (Å²) < 4.78 is 37.4. The average Bonchev–Trinajstić information content (AvgIpc) is 3.07. The highest BCUT2D eigenvalue weighted by Crippen LogP contribution is 2.22. The fourth-order valence-corrected chi connectivity index (χ4v) is 4.76. The Morgan fingerprint density at radius 2 is 1.97 bits per heavy atom. The molecule has 1 N–H and O–H groups in total. The Labute approximate surface area is 170 Å². The summed E-state index contributed by atoms with van der Waals surface area (Å²) in [6, 6.07) is 7.83. The molecule has 29 heavy (non-hydrogen) atoms. The lowest BCUT2D eigenvalue weighted by molar-refractivity contribution is -0.131. The summed E-state index contributed by atoms with van der Waals surface area (Å²) >= 11 is 0. The number of ether oxygens (including phenoxy) is 1. The predicted molar refractivity (Wildman–Crippen MR) is 108 cm³/mol. The van der Waals surface area contributed by atoms with Gasteiger partial charge >= 0.3 is 0 Å². The fourth-order valence-electron chi connectivity index (χ4n) is 3.40. The molecule has 2 aromatic rings. The monoisotopic (exact) mass is 422 g/mol. The maximum atomic E-state index is 12.5. The number of benzene rings is 1. The summed E-state index contributed by atoms with van der Waals surface area (Å²) in [7, 11) is -2.12. The number of carbonyl (C=O) groups excluding carboxylic acids is 1. The number of aryl methyl sites for hydroxylation is 2. The van der Waals surface area contributed by atoms with E-state index in [1.165, 1.54) is 0 Å². The number of nitrogens with zero attached hydrogens (tertiary/aromatic N) is 3. The molecule has 0 unspecified atom stereocenters. The number of carbonyl (C=O) groups is 1. The van der Waals surface area contributed by atoms with Gasteiger partial charge in [-0.15, -0.1) is 0 Å². The summed E-state index contributed by atoms with van der Waals surface area (Å²) in [6.07, 6.45) is 0.0990. The van der Waals surface area contributed by atoms with Crippen molar-refractivity contribution in [2.75, 3.05) is 44.7 Å². The van der Waals surface area contributed by atoms with Crippen LogP contribution in [0.3, 0.4) is 0 Å². The quantitative estimate of drug-likeness (QED) is 0.717. The first-order chi connectivity index (χ1) is 13.8. The molecule has 1 fully saturated rings. The average molecular weight is 423 g/mol. The number of rotatable bonds is 7. The molecule has 1 aromatic heterocycles. The van der Waals surface area contributed by atoms with E-state index < -0.39 is 10.0 Å². The van der Waals surface area contributed by atoms with Crippen LogP contribution in [0, 0.1) is 13.8 Å². The summed E-state index contributed by atoms with van der Waals surface area (Å²) in [5.41, 5.74) is 1.36. The molecule has 10 heteroatoms. The Bertz CT molecular complexity index is 945. The predicted octanol–water partition coefficient (Wildman–Crippen LogP) is 1.32. The van der Waals surface area contributed by atoms with Gasteiger partial charge in [-0.3, -0.25) is 4.79 Å². The normalized spacial score (nSPS) is 14.9. The van der Waals surface area contributed by atoms with Crippen molar-refractivity contribution in [3.8, 4) is 5.75 Å². The van der Waals surface area contributed by atoms with Gasteiger partial charge in [0.05, 0.1) is 7.11 Å². The Balaban J connectivity index is 1.49. The smallest absolute Gasteiger partial charge is 0.245 e. The molecule has 3 rings (SSSR count). The number of sulfonamides is 1. The second-order valence-electron chi connectivity index (χ2n) is 6.87. The van der Waals surface area contributed by atoms with Gasteiger partial charge in [0.2, 0.25) is 15.9 Å². The molecule has 0 radical (unpaired) electrons. The molecule has 1 aromatic carbocycles. The van der Waals surface area contributed by atoms with Crippen LogP contribution < -0.4 is 14.4 Å². The number of piperazine rings is 1. The van der Waals surface area contributed by atoms with Crippen LogP contribution in [0.1, 0.15) is 17.9 Å². The topological polar surface area (TPSA) is 105 Å². The first kappa shape index (κ1) is 21.1. The van der Waals surface area contributed by atoms with Crippen LogP contribution in [0.2, 0.25) is 0 Å². The van der Waals surface area contributed by atoms with E-state index in [4.69, 9.17) is 9.26 Å². The molecular weight excluding hydrogens is 396 g/mol. The summed E-state index contributed by atoms with van der Waals surface area (Å²) in [5.74, 6) is 0.957. The van der Waals surface area contributed by atoms with E-state index in [1.54, 1.807) is 25.9 Å². The van der Waals surface area contributed by atoms with Gasteiger partial charge in [-0.25, -0.2) is 13.1 Å². The molecule has 9 nitrogen and oxygen atoms in total. The zero-order valence-electron chi connectivity index (χ0n) is 16.8. The van der Waals surface area contributed by atoms with Crippen LogP contribution >= 0.6 is 0 Å². The minimum Gasteiger partial charge on any atom is -0.497 e. The SMILES string of the molecule is COc1cccc(N2CCN(C(=O)CCNS(=O)(=O)c3c(C)noc3C)CC2)c1. The summed E-state index contributed by atoms with van der Waals surface area (Å²) in [6.45, 7) is 5.74. The molecule has 0 bridgehead atoms. The van der Waals surface area contributed by atoms with Gasteiger partial charge in [0, 0.05) is 50.9 Å². The van der Waals surface area contributed by atoms with E-state index in [1.807, 2.05) is 24.3 Å². The molecule has 158 valence electrons. The van der Waals surface area contributed by atoms with E-state index in [9.17, 15) is 13.2 Å². The van der Waals surface area contributed by atoms with Crippen LogP contribution in [0.25, 0.3) is 0 Å².